The van der Waals surface area contributed by atoms with Crippen molar-refractivity contribution in [3.05, 3.63) is 53.6 Å². The number of nitrogens with one attached hydrogen (secondary N) is 1. The predicted molar refractivity (Wildman–Crippen MR) is 96.4 cm³/mol. The molecule has 0 atom stereocenters. The van der Waals surface area contributed by atoms with E-state index in [1.807, 2.05) is 24.3 Å². The van der Waals surface area contributed by atoms with E-state index >= 15 is 0 Å². The second-order valence-corrected chi connectivity index (χ2v) is 6.40. The average Bonchev–Trinajstić information content (AvgIpc) is 3.17. The van der Waals surface area contributed by atoms with Crippen LogP contribution in [0.25, 0.3) is 0 Å². The van der Waals surface area contributed by atoms with E-state index in [-0.39, 0.29) is 18.7 Å². The van der Waals surface area contributed by atoms with Crippen molar-refractivity contribution < 1.29 is 14.3 Å². The minimum absolute atomic E-state index is 0.103. The Balaban J connectivity index is 1.39. The first kappa shape index (κ1) is 16.3. The van der Waals surface area contributed by atoms with E-state index in [1.54, 1.807) is 18.2 Å². The van der Waals surface area contributed by atoms with Crippen LogP contribution in [0.2, 0.25) is 0 Å². The molecule has 2 aliphatic heterocycles. The van der Waals surface area contributed by atoms with Gasteiger partial charge in [0, 0.05) is 19.1 Å². The fourth-order valence-electron chi connectivity index (χ4n) is 3.48. The van der Waals surface area contributed by atoms with Crippen LogP contribution in [-0.2, 0) is 0 Å². The van der Waals surface area contributed by atoms with Crippen LogP contribution in [-0.4, -0.2) is 31.8 Å². The zero-order valence-electron chi connectivity index (χ0n) is 14.3. The van der Waals surface area contributed by atoms with E-state index in [2.05, 4.69) is 16.3 Å². The number of amides is 1. The lowest BCUT2D eigenvalue weighted by molar-refractivity contribution is 0.0926. The smallest absolute Gasteiger partial charge is 0.255 e. The Hall–Kier alpha value is -3.20. The van der Waals surface area contributed by atoms with Crippen LogP contribution in [0.3, 0.4) is 0 Å². The summed E-state index contributed by atoms with van der Waals surface area (Å²) in [7, 11) is 0. The molecule has 1 saturated heterocycles. The molecule has 2 heterocycles. The lowest BCUT2D eigenvalue weighted by atomic mass is 10.0. The Morgan fingerprint density at radius 1 is 1.12 bits per heavy atom. The number of benzene rings is 2. The van der Waals surface area contributed by atoms with Crippen LogP contribution in [0.5, 0.6) is 11.5 Å². The van der Waals surface area contributed by atoms with Gasteiger partial charge in [0.05, 0.1) is 16.8 Å². The minimum atomic E-state index is -0.136. The molecule has 2 aliphatic rings. The number of hydrogen-bond acceptors (Lipinski definition) is 5. The summed E-state index contributed by atoms with van der Waals surface area (Å²) in [6.07, 6.45) is 1.66. The number of carbonyl (C=O) groups is 1. The Kier molecular flexibility index (Phi) is 4.36. The van der Waals surface area contributed by atoms with Gasteiger partial charge in [0.25, 0.3) is 5.91 Å². The molecule has 0 unspecified atom stereocenters. The summed E-state index contributed by atoms with van der Waals surface area (Å²) in [5.41, 5.74) is 2.16. The molecule has 26 heavy (non-hydrogen) atoms. The van der Waals surface area contributed by atoms with Crippen molar-refractivity contribution >= 4 is 11.6 Å². The number of rotatable bonds is 3. The average molecular weight is 349 g/mol. The third kappa shape index (κ3) is 3.04. The highest BCUT2D eigenvalue weighted by atomic mass is 16.7. The van der Waals surface area contributed by atoms with Gasteiger partial charge in [-0.1, -0.05) is 18.2 Å². The molecule has 0 radical (unpaired) electrons. The van der Waals surface area contributed by atoms with E-state index in [0.29, 0.717) is 22.6 Å². The third-order valence-electron chi connectivity index (χ3n) is 4.84. The first-order chi connectivity index (χ1) is 12.8. The van der Waals surface area contributed by atoms with Crippen LogP contribution in [0.1, 0.15) is 28.8 Å². The van der Waals surface area contributed by atoms with Crippen molar-refractivity contribution in [3.63, 3.8) is 0 Å². The van der Waals surface area contributed by atoms with Crippen LogP contribution in [0.4, 0.5) is 5.69 Å². The zero-order valence-corrected chi connectivity index (χ0v) is 14.3. The van der Waals surface area contributed by atoms with Crippen molar-refractivity contribution in [1.29, 1.82) is 5.26 Å². The molecule has 0 aliphatic carbocycles. The number of ether oxygens (including phenoxy) is 2. The maximum atomic E-state index is 12.6. The van der Waals surface area contributed by atoms with E-state index < -0.39 is 0 Å². The van der Waals surface area contributed by atoms with Gasteiger partial charge in [-0.15, -0.1) is 0 Å². The molecule has 6 nitrogen and oxygen atoms in total. The second kappa shape index (κ2) is 6.96. The number of para-hydroxylation sites is 2. The molecular weight excluding hydrogens is 330 g/mol. The Bertz CT molecular complexity index is 867. The van der Waals surface area contributed by atoms with Crippen molar-refractivity contribution in [3.8, 4) is 17.6 Å². The monoisotopic (exact) mass is 349 g/mol. The SMILES string of the molecule is N#Cc1ccccc1N1CCC(NC(=O)c2cccc3c2OCO3)CC1. The molecule has 0 bridgehead atoms. The highest BCUT2D eigenvalue weighted by Gasteiger charge is 2.26. The minimum Gasteiger partial charge on any atom is -0.454 e. The third-order valence-corrected chi connectivity index (χ3v) is 4.84. The van der Waals surface area contributed by atoms with E-state index in [9.17, 15) is 10.1 Å². The van der Waals surface area contributed by atoms with Crippen molar-refractivity contribution in [2.45, 2.75) is 18.9 Å². The van der Waals surface area contributed by atoms with E-state index in [1.165, 1.54) is 0 Å². The highest BCUT2D eigenvalue weighted by Crippen LogP contribution is 2.35. The lowest BCUT2D eigenvalue weighted by Gasteiger charge is -2.34. The van der Waals surface area contributed by atoms with Gasteiger partial charge in [0.15, 0.2) is 11.5 Å². The standard InChI is InChI=1S/C20H19N3O3/c21-12-14-4-1-2-6-17(14)23-10-8-15(9-11-23)22-20(24)16-5-3-7-18-19(16)26-13-25-18/h1-7,15H,8-11,13H2,(H,22,24). The summed E-state index contributed by atoms with van der Waals surface area (Å²) in [5, 5.41) is 12.4. The summed E-state index contributed by atoms with van der Waals surface area (Å²) in [5.74, 6) is 0.995. The van der Waals surface area contributed by atoms with Gasteiger partial charge in [0.1, 0.15) is 6.07 Å². The predicted octanol–water partition coefficient (Wildman–Crippen LogP) is 2.69. The summed E-state index contributed by atoms with van der Waals surface area (Å²) in [6.45, 7) is 1.75. The maximum Gasteiger partial charge on any atom is 0.255 e. The number of piperidine rings is 1. The number of fused-ring (bicyclic) bond motifs is 1. The fourth-order valence-corrected chi connectivity index (χ4v) is 3.48. The molecular formula is C20H19N3O3. The van der Waals surface area contributed by atoms with Crippen molar-refractivity contribution in [2.24, 2.45) is 0 Å². The first-order valence-corrected chi connectivity index (χ1v) is 8.70. The van der Waals surface area contributed by atoms with Gasteiger partial charge < -0.3 is 19.7 Å². The largest absolute Gasteiger partial charge is 0.454 e. The topological polar surface area (TPSA) is 74.6 Å². The molecule has 1 amide bonds. The summed E-state index contributed by atoms with van der Waals surface area (Å²) >= 11 is 0. The van der Waals surface area contributed by atoms with Gasteiger partial charge >= 0.3 is 0 Å². The quantitative estimate of drug-likeness (QED) is 0.922. The highest BCUT2D eigenvalue weighted by molar-refractivity contribution is 5.98. The molecule has 6 heteroatoms. The Labute approximate surface area is 151 Å². The summed E-state index contributed by atoms with van der Waals surface area (Å²) in [4.78, 5) is 14.8. The molecule has 132 valence electrons. The van der Waals surface area contributed by atoms with Crippen LogP contribution in [0.15, 0.2) is 42.5 Å². The number of hydrogen-bond donors (Lipinski definition) is 1. The number of anilines is 1. The molecule has 0 aromatic heterocycles. The number of nitrogens with zero attached hydrogens (tertiary/aromatic N) is 2. The fraction of sp³-hybridized carbons (Fsp3) is 0.300. The van der Waals surface area contributed by atoms with Gasteiger partial charge in [-0.2, -0.15) is 5.26 Å². The number of carbonyl (C=O) groups excluding carboxylic acids is 1. The lowest BCUT2D eigenvalue weighted by Crippen LogP contribution is -2.45. The van der Waals surface area contributed by atoms with Crippen molar-refractivity contribution in [1.82, 2.24) is 5.32 Å². The van der Waals surface area contributed by atoms with E-state index in [4.69, 9.17) is 9.47 Å². The van der Waals surface area contributed by atoms with Gasteiger partial charge in [-0.25, -0.2) is 0 Å². The molecule has 1 N–H and O–H groups in total. The molecule has 2 aromatic rings. The summed E-state index contributed by atoms with van der Waals surface area (Å²) < 4.78 is 10.7. The Morgan fingerprint density at radius 2 is 1.92 bits per heavy atom. The van der Waals surface area contributed by atoms with Gasteiger partial charge in [-0.05, 0) is 37.1 Å². The molecule has 0 spiro atoms. The molecule has 4 rings (SSSR count). The normalized spacial score (nSPS) is 16.2. The second-order valence-electron chi connectivity index (χ2n) is 6.40. The summed E-state index contributed by atoms with van der Waals surface area (Å²) in [6, 6.07) is 15.3. The van der Waals surface area contributed by atoms with Crippen LogP contribution in [0, 0.1) is 11.3 Å². The number of nitriles is 1. The van der Waals surface area contributed by atoms with Crippen molar-refractivity contribution in [2.75, 3.05) is 24.8 Å². The Morgan fingerprint density at radius 3 is 2.73 bits per heavy atom. The van der Waals surface area contributed by atoms with Gasteiger partial charge in [-0.3, -0.25) is 4.79 Å². The zero-order chi connectivity index (χ0) is 17.9. The van der Waals surface area contributed by atoms with Gasteiger partial charge in [0.2, 0.25) is 6.79 Å². The molecule has 2 aromatic carbocycles. The van der Waals surface area contributed by atoms with Crippen LogP contribution < -0.4 is 19.7 Å². The van der Waals surface area contributed by atoms with Crippen LogP contribution >= 0.6 is 0 Å². The first-order valence-electron chi connectivity index (χ1n) is 8.70. The molecule has 1 fully saturated rings. The molecule has 0 saturated carbocycles. The maximum absolute atomic E-state index is 12.6. The van der Waals surface area contributed by atoms with E-state index in [0.717, 1.165) is 31.6 Å².